The molecule has 7 heteroatoms. The molecule has 2 heterocycles. The van der Waals surface area contributed by atoms with E-state index >= 15 is 0 Å². The van der Waals surface area contributed by atoms with Gasteiger partial charge in [-0.05, 0) is 59.2 Å². The van der Waals surface area contributed by atoms with E-state index in [1.807, 2.05) is 53.7 Å². The summed E-state index contributed by atoms with van der Waals surface area (Å²) in [7, 11) is 0. The molecule has 1 aromatic rings. The van der Waals surface area contributed by atoms with Gasteiger partial charge in [0.1, 0.15) is 12.2 Å². The Kier molecular flexibility index (Phi) is 6.10. The van der Waals surface area contributed by atoms with Crippen LogP contribution in [0.15, 0.2) is 12.1 Å². The van der Waals surface area contributed by atoms with Crippen LogP contribution in [0.4, 0.5) is 9.59 Å². The van der Waals surface area contributed by atoms with Crippen molar-refractivity contribution >= 4 is 12.2 Å². The van der Waals surface area contributed by atoms with Crippen LogP contribution in [0, 0.1) is 13.8 Å². The highest BCUT2D eigenvalue weighted by molar-refractivity contribution is 5.71. The van der Waals surface area contributed by atoms with Gasteiger partial charge in [-0.1, -0.05) is 0 Å². The Labute approximate surface area is 155 Å². The number of piperazine rings is 1. The molecule has 0 bridgehead atoms. The molecule has 1 fully saturated rings. The summed E-state index contributed by atoms with van der Waals surface area (Å²) in [4.78, 5) is 32.2. The fourth-order valence-corrected chi connectivity index (χ4v) is 2.95. The molecular weight excluding hydrogens is 334 g/mol. The summed E-state index contributed by atoms with van der Waals surface area (Å²) in [5, 5.41) is 0. The predicted molar refractivity (Wildman–Crippen MR) is 97.9 cm³/mol. The van der Waals surface area contributed by atoms with Crippen LogP contribution in [0.5, 0.6) is 0 Å². The Morgan fingerprint density at radius 2 is 1.77 bits per heavy atom. The van der Waals surface area contributed by atoms with Crippen molar-refractivity contribution in [3.8, 4) is 0 Å². The molecule has 2 rings (SSSR count). The third-order valence-corrected chi connectivity index (χ3v) is 4.02. The highest BCUT2D eigenvalue weighted by Crippen LogP contribution is 2.16. The Morgan fingerprint density at radius 3 is 2.31 bits per heavy atom. The highest BCUT2D eigenvalue weighted by Gasteiger charge is 2.32. The number of nitrogens with zero attached hydrogens (tertiary/aromatic N) is 3. The van der Waals surface area contributed by atoms with E-state index in [0.717, 1.165) is 17.0 Å². The van der Waals surface area contributed by atoms with E-state index in [9.17, 15) is 9.59 Å². The van der Waals surface area contributed by atoms with Crippen LogP contribution >= 0.6 is 0 Å². The van der Waals surface area contributed by atoms with Crippen molar-refractivity contribution in [2.75, 3.05) is 19.6 Å². The molecule has 0 spiro atoms. The predicted octanol–water partition coefficient (Wildman–Crippen LogP) is 3.28. The molecule has 7 nitrogen and oxygen atoms in total. The number of rotatable bonds is 2. The van der Waals surface area contributed by atoms with Gasteiger partial charge in [-0.25, -0.2) is 9.59 Å². The lowest BCUT2D eigenvalue weighted by molar-refractivity contribution is 0.00329. The summed E-state index contributed by atoms with van der Waals surface area (Å²) in [5.41, 5.74) is 2.19. The number of carbonyl (C=O) groups excluding carboxylic acids is 2. The zero-order valence-electron chi connectivity index (χ0n) is 16.5. The van der Waals surface area contributed by atoms with Gasteiger partial charge in [0.05, 0.1) is 6.04 Å². The lowest BCUT2D eigenvalue weighted by atomic mass is 10.2. The Hall–Kier alpha value is -2.31. The molecule has 1 aromatic heterocycles. The maximum absolute atomic E-state index is 12.4. The van der Waals surface area contributed by atoms with E-state index in [-0.39, 0.29) is 24.8 Å². The van der Waals surface area contributed by atoms with E-state index in [2.05, 4.69) is 4.98 Å². The van der Waals surface area contributed by atoms with Gasteiger partial charge in [0, 0.05) is 31.0 Å². The molecule has 144 valence electrons. The van der Waals surface area contributed by atoms with Crippen molar-refractivity contribution < 1.29 is 19.1 Å². The largest absolute Gasteiger partial charge is 0.445 e. The Morgan fingerprint density at radius 1 is 1.15 bits per heavy atom. The molecule has 1 atom stereocenters. The quantitative estimate of drug-likeness (QED) is 0.806. The topological polar surface area (TPSA) is 72.0 Å². The smallest absolute Gasteiger partial charge is 0.410 e. The van der Waals surface area contributed by atoms with Crippen LogP contribution in [0.2, 0.25) is 0 Å². The van der Waals surface area contributed by atoms with Crippen LogP contribution in [0.25, 0.3) is 0 Å². The van der Waals surface area contributed by atoms with Gasteiger partial charge < -0.3 is 19.3 Å². The fraction of sp³-hybridized carbons (Fsp3) is 0.632. The first-order valence-electron chi connectivity index (χ1n) is 8.90. The molecule has 0 saturated carbocycles. The van der Waals surface area contributed by atoms with Crippen molar-refractivity contribution in [3.05, 3.63) is 29.1 Å². The van der Waals surface area contributed by atoms with Gasteiger partial charge in [0.2, 0.25) is 0 Å². The van der Waals surface area contributed by atoms with Gasteiger partial charge in [-0.3, -0.25) is 4.98 Å². The first-order chi connectivity index (χ1) is 12.0. The molecule has 1 aliphatic rings. The second-order valence-corrected chi connectivity index (χ2v) is 7.78. The lowest BCUT2D eigenvalue weighted by Crippen LogP contribution is -2.56. The van der Waals surface area contributed by atoms with E-state index in [0.29, 0.717) is 19.6 Å². The monoisotopic (exact) mass is 363 g/mol. The van der Waals surface area contributed by atoms with Crippen molar-refractivity contribution in [1.29, 1.82) is 0 Å². The fourth-order valence-electron chi connectivity index (χ4n) is 2.95. The summed E-state index contributed by atoms with van der Waals surface area (Å²) in [6.45, 7) is 12.7. The van der Waals surface area contributed by atoms with Crippen LogP contribution in [0.1, 0.15) is 44.6 Å². The number of pyridine rings is 1. The molecule has 1 aliphatic heterocycles. The second-order valence-electron chi connectivity index (χ2n) is 7.78. The third kappa shape index (κ3) is 5.61. The molecule has 26 heavy (non-hydrogen) atoms. The van der Waals surface area contributed by atoms with E-state index < -0.39 is 5.60 Å². The maximum atomic E-state index is 12.4. The summed E-state index contributed by atoms with van der Waals surface area (Å²) < 4.78 is 10.8. The summed E-state index contributed by atoms with van der Waals surface area (Å²) in [5.74, 6) is 0. The van der Waals surface area contributed by atoms with Gasteiger partial charge in [0.25, 0.3) is 0 Å². The molecule has 0 N–H and O–H groups in total. The van der Waals surface area contributed by atoms with Gasteiger partial charge in [-0.15, -0.1) is 0 Å². The first kappa shape index (κ1) is 20.0. The van der Waals surface area contributed by atoms with Crippen LogP contribution in [-0.4, -0.2) is 58.2 Å². The third-order valence-electron chi connectivity index (χ3n) is 4.02. The minimum Gasteiger partial charge on any atom is -0.445 e. The van der Waals surface area contributed by atoms with E-state index in [1.165, 1.54) is 0 Å². The Bertz CT molecular complexity index is 649. The molecule has 1 saturated heterocycles. The van der Waals surface area contributed by atoms with Gasteiger partial charge in [-0.2, -0.15) is 0 Å². The van der Waals surface area contributed by atoms with E-state index in [4.69, 9.17) is 9.47 Å². The van der Waals surface area contributed by atoms with Crippen LogP contribution in [0.3, 0.4) is 0 Å². The van der Waals surface area contributed by atoms with Gasteiger partial charge in [0.15, 0.2) is 0 Å². The second kappa shape index (κ2) is 7.93. The standard InChI is InChI=1S/C19H29N3O4/c1-13-9-16(10-14(2)20-13)12-25-18(24)22-8-7-21(11-15(22)3)17(23)26-19(4,5)6/h9-10,15H,7-8,11-12H2,1-6H3/t15-/m0/s1. The number of carbonyl (C=O) groups is 2. The number of ether oxygens (including phenoxy) is 2. The van der Waals surface area contributed by atoms with Crippen molar-refractivity contribution in [3.63, 3.8) is 0 Å². The molecule has 0 aliphatic carbocycles. The average molecular weight is 363 g/mol. The van der Waals surface area contributed by atoms with Crippen LogP contribution < -0.4 is 0 Å². The lowest BCUT2D eigenvalue weighted by Gasteiger charge is -2.39. The average Bonchev–Trinajstić information content (AvgIpc) is 2.50. The molecule has 0 unspecified atom stereocenters. The minimum atomic E-state index is -0.531. The zero-order valence-corrected chi connectivity index (χ0v) is 16.5. The van der Waals surface area contributed by atoms with Crippen molar-refractivity contribution in [2.24, 2.45) is 0 Å². The summed E-state index contributed by atoms with van der Waals surface area (Å²) in [6, 6.07) is 3.68. The highest BCUT2D eigenvalue weighted by atomic mass is 16.6. The Balaban J connectivity index is 1.88. The first-order valence-corrected chi connectivity index (χ1v) is 8.90. The number of hydrogen-bond acceptors (Lipinski definition) is 5. The SMILES string of the molecule is Cc1cc(COC(=O)N2CCN(C(=O)OC(C)(C)C)C[C@@H]2C)cc(C)n1. The number of hydrogen-bond donors (Lipinski definition) is 0. The maximum Gasteiger partial charge on any atom is 0.410 e. The normalized spacial score (nSPS) is 17.8. The van der Waals surface area contributed by atoms with E-state index in [1.54, 1.807) is 9.80 Å². The van der Waals surface area contributed by atoms with Crippen molar-refractivity contribution in [2.45, 2.75) is 59.8 Å². The number of aryl methyl sites for hydroxylation is 2. The molecule has 2 amide bonds. The minimum absolute atomic E-state index is 0.135. The number of amides is 2. The molecule has 0 radical (unpaired) electrons. The number of aromatic nitrogens is 1. The molecular formula is C19H29N3O4. The zero-order chi connectivity index (χ0) is 19.5. The summed E-state index contributed by atoms with van der Waals surface area (Å²) in [6.07, 6.45) is -0.714. The molecule has 0 aromatic carbocycles. The van der Waals surface area contributed by atoms with Crippen LogP contribution in [-0.2, 0) is 16.1 Å². The van der Waals surface area contributed by atoms with Gasteiger partial charge >= 0.3 is 12.2 Å². The van der Waals surface area contributed by atoms with Crippen molar-refractivity contribution in [1.82, 2.24) is 14.8 Å². The summed E-state index contributed by atoms with van der Waals surface area (Å²) >= 11 is 0.